The van der Waals surface area contributed by atoms with Crippen LogP contribution < -0.4 is 0 Å². The summed E-state index contributed by atoms with van der Waals surface area (Å²) in [4.78, 5) is 10.7. The number of carboxylic acids is 1. The summed E-state index contributed by atoms with van der Waals surface area (Å²) in [7, 11) is 0. The van der Waals surface area contributed by atoms with E-state index in [-0.39, 0.29) is 9.35 Å². The minimum Gasteiger partial charge on any atom is -0.481 e. The molecule has 0 unspecified atom stereocenters. The van der Waals surface area contributed by atoms with E-state index in [9.17, 15) is 13.6 Å². The third-order valence-corrected chi connectivity index (χ3v) is 5.90. The minimum absolute atomic E-state index is 0.154. The molecule has 0 saturated heterocycles. The molecule has 0 saturated carbocycles. The van der Waals surface area contributed by atoms with Gasteiger partial charge in [-0.05, 0) is 45.7 Å². The molecule has 1 aromatic rings. The lowest BCUT2D eigenvalue weighted by Crippen LogP contribution is -2.31. The van der Waals surface area contributed by atoms with Gasteiger partial charge in [0.15, 0.2) is 0 Å². The van der Waals surface area contributed by atoms with E-state index in [0.29, 0.717) is 4.47 Å². The first-order valence-corrected chi connectivity index (χ1v) is 7.08. The predicted octanol–water partition coefficient (Wildman–Crippen LogP) is 4.87. The molecule has 0 aliphatic heterocycles. The topological polar surface area (TPSA) is 37.3 Å². The van der Waals surface area contributed by atoms with Crippen molar-refractivity contribution in [1.29, 1.82) is 0 Å². The Labute approximate surface area is 118 Å². The lowest BCUT2D eigenvalue weighted by Gasteiger charge is -2.25. The van der Waals surface area contributed by atoms with Gasteiger partial charge in [0.25, 0.3) is 5.92 Å². The Kier molecular flexibility index (Phi) is 4.37. The molecule has 0 bridgehead atoms. The summed E-state index contributed by atoms with van der Waals surface area (Å²) in [5.41, 5.74) is -1.47. The second kappa shape index (κ2) is 4.93. The number of hydrogen-bond donors (Lipinski definition) is 1. The van der Waals surface area contributed by atoms with Gasteiger partial charge in [-0.2, -0.15) is 0 Å². The minimum atomic E-state index is -3.17. The fourth-order valence-corrected chi connectivity index (χ4v) is 3.52. The monoisotopic (exact) mass is 390 g/mol. The smallest absolute Gasteiger partial charge is 0.309 e. The number of hydrogen-bond acceptors (Lipinski definition) is 2. The van der Waals surface area contributed by atoms with Gasteiger partial charge in [0.05, 0.1) is 14.8 Å². The number of rotatable bonds is 4. The normalized spacial score (nSPS) is 12.8. The summed E-state index contributed by atoms with van der Waals surface area (Å²) in [5.74, 6) is -4.40. The van der Waals surface area contributed by atoms with E-state index >= 15 is 0 Å². The van der Waals surface area contributed by atoms with Crippen LogP contribution in [0.15, 0.2) is 14.3 Å². The summed E-state index contributed by atoms with van der Waals surface area (Å²) in [6, 6.07) is 0. The Morgan fingerprint density at radius 1 is 1.47 bits per heavy atom. The molecule has 7 heteroatoms. The van der Waals surface area contributed by atoms with Crippen LogP contribution in [0.2, 0.25) is 0 Å². The predicted molar refractivity (Wildman–Crippen MR) is 69.6 cm³/mol. The maximum atomic E-state index is 14.0. The molecule has 0 radical (unpaired) electrons. The highest BCUT2D eigenvalue weighted by atomic mass is 79.9. The molecule has 0 fully saturated rings. The van der Waals surface area contributed by atoms with Crippen LogP contribution in [0.3, 0.4) is 0 Å². The van der Waals surface area contributed by atoms with Gasteiger partial charge in [0.1, 0.15) is 0 Å². The van der Waals surface area contributed by atoms with Crippen LogP contribution in [0.5, 0.6) is 0 Å². The van der Waals surface area contributed by atoms with Crippen LogP contribution in [0.25, 0.3) is 0 Å². The molecule has 17 heavy (non-hydrogen) atoms. The SMILES string of the molecule is CC(C)(CC(F)(F)c1scc(Br)c1Br)C(=O)O. The molecule has 0 aliphatic rings. The van der Waals surface area contributed by atoms with E-state index in [2.05, 4.69) is 31.9 Å². The summed E-state index contributed by atoms with van der Waals surface area (Å²) < 4.78 is 28.8. The van der Waals surface area contributed by atoms with E-state index in [1.54, 1.807) is 5.38 Å². The Morgan fingerprint density at radius 2 is 2.00 bits per heavy atom. The van der Waals surface area contributed by atoms with Gasteiger partial charge in [-0.3, -0.25) is 4.79 Å². The molecule has 0 aromatic carbocycles. The Hall–Kier alpha value is -0.0100. The zero-order chi connectivity index (χ0) is 13.4. The molecule has 2 nitrogen and oxygen atoms in total. The van der Waals surface area contributed by atoms with Crippen molar-refractivity contribution in [2.24, 2.45) is 5.41 Å². The maximum absolute atomic E-state index is 14.0. The van der Waals surface area contributed by atoms with Crippen LogP contribution >= 0.6 is 43.2 Å². The highest BCUT2D eigenvalue weighted by Gasteiger charge is 2.44. The molecule has 0 atom stereocenters. The van der Waals surface area contributed by atoms with Gasteiger partial charge in [0, 0.05) is 16.3 Å². The van der Waals surface area contributed by atoms with Crippen molar-refractivity contribution in [2.45, 2.75) is 26.2 Å². The van der Waals surface area contributed by atoms with Crippen molar-refractivity contribution in [1.82, 2.24) is 0 Å². The summed E-state index contributed by atoms with van der Waals surface area (Å²) in [6.45, 7) is 2.58. The number of thiophene rings is 1. The second-order valence-electron chi connectivity index (χ2n) is 4.30. The molecule has 1 N–H and O–H groups in total. The number of halogens is 4. The van der Waals surface area contributed by atoms with E-state index in [0.717, 1.165) is 11.3 Å². The van der Waals surface area contributed by atoms with E-state index < -0.39 is 23.7 Å². The molecule has 1 aromatic heterocycles. The van der Waals surface area contributed by atoms with Crippen LogP contribution in [0.1, 0.15) is 25.1 Å². The van der Waals surface area contributed by atoms with Crippen molar-refractivity contribution < 1.29 is 18.7 Å². The third kappa shape index (κ3) is 3.26. The van der Waals surface area contributed by atoms with E-state index in [1.165, 1.54) is 13.8 Å². The summed E-state index contributed by atoms with van der Waals surface area (Å²) >= 11 is 7.10. The Bertz CT molecular complexity index is 444. The van der Waals surface area contributed by atoms with Crippen molar-refractivity contribution >= 4 is 49.2 Å². The van der Waals surface area contributed by atoms with Crippen molar-refractivity contribution in [3.05, 3.63) is 19.2 Å². The van der Waals surface area contributed by atoms with E-state index in [1.807, 2.05) is 0 Å². The lowest BCUT2D eigenvalue weighted by molar-refractivity contribution is -0.153. The van der Waals surface area contributed by atoms with Gasteiger partial charge in [-0.1, -0.05) is 0 Å². The number of aliphatic carboxylic acids is 1. The Balaban J connectivity index is 3.04. The van der Waals surface area contributed by atoms with Crippen molar-refractivity contribution in [3.63, 3.8) is 0 Å². The first kappa shape index (κ1) is 15.0. The van der Waals surface area contributed by atoms with Gasteiger partial charge in [0.2, 0.25) is 0 Å². The molecule has 1 heterocycles. The van der Waals surface area contributed by atoms with Gasteiger partial charge >= 0.3 is 5.97 Å². The van der Waals surface area contributed by atoms with Crippen molar-refractivity contribution in [2.75, 3.05) is 0 Å². The van der Waals surface area contributed by atoms with Gasteiger partial charge < -0.3 is 5.11 Å². The zero-order valence-electron chi connectivity index (χ0n) is 9.06. The summed E-state index contributed by atoms with van der Waals surface area (Å²) in [5, 5.41) is 10.4. The Morgan fingerprint density at radius 3 is 2.35 bits per heavy atom. The fourth-order valence-electron chi connectivity index (χ4n) is 1.28. The van der Waals surface area contributed by atoms with Crippen molar-refractivity contribution in [3.8, 4) is 0 Å². The molecule has 0 spiro atoms. The van der Waals surface area contributed by atoms with Crippen LogP contribution in [-0.2, 0) is 10.7 Å². The lowest BCUT2D eigenvalue weighted by atomic mass is 9.86. The largest absolute Gasteiger partial charge is 0.481 e. The molecular formula is C10H10Br2F2O2S. The van der Waals surface area contributed by atoms with Gasteiger partial charge in [-0.25, -0.2) is 8.78 Å². The summed E-state index contributed by atoms with van der Waals surface area (Å²) in [6.07, 6.45) is -0.735. The quantitative estimate of drug-likeness (QED) is 0.795. The average molecular weight is 392 g/mol. The zero-order valence-corrected chi connectivity index (χ0v) is 13.0. The highest BCUT2D eigenvalue weighted by molar-refractivity contribution is 9.13. The molecule has 96 valence electrons. The highest BCUT2D eigenvalue weighted by Crippen LogP contribution is 2.47. The molecule has 1 rings (SSSR count). The van der Waals surface area contributed by atoms with Crippen LogP contribution in [0, 0.1) is 5.41 Å². The third-order valence-electron chi connectivity index (χ3n) is 2.26. The van der Waals surface area contributed by atoms with Crippen LogP contribution in [-0.4, -0.2) is 11.1 Å². The fraction of sp³-hybridized carbons (Fsp3) is 0.500. The molecule has 0 aliphatic carbocycles. The van der Waals surface area contributed by atoms with Gasteiger partial charge in [-0.15, -0.1) is 11.3 Å². The first-order chi connectivity index (χ1) is 7.58. The van der Waals surface area contributed by atoms with Crippen LogP contribution in [0.4, 0.5) is 8.78 Å². The standard InChI is InChI=1S/C10H10Br2F2O2S/c1-9(2,8(15)16)4-10(13,14)7-6(12)5(11)3-17-7/h3H,4H2,1-2H3,(H,15,16). The average Bonchev–Trinajstić information content (AvgIpc) is 2.45. The number of carbonyl (C=O) groups is 1. The number of carboxylic acid groups (broad SMARTS) is 1. The first-order valence-electron chi connectivity index (χ1n) is 4.62. The molecule has 0 amide bonds. The maximum Gasteiger partial charge on any atom is 0.309 e. The second-order valence-corrected chi connectivity index (χ2v) is 6.82. The number of alkyl halides is 2. The molecular weight excluding hydrogens is 382 g/mol. The van der Waals surface area contributed by atoms with E-state index in [4.69, 9.17) is 5.11 Å².